The fraction of sp³-hybridized carbons (Fsp3) is 0.381. The molecule has 0 saturated carbocycles. The van der Waals surface area contributed by atoms with Gasteiger partial charge < -0.3 is 5.32 Å². The quantitative estimate of drug-likeness (QED) is 0.435. The van der Waals surface area contributed by atoms with Crippen molar-refractivity contribution in [2.75, 3.05) is 5.32 Å². The van der Waals surface area contributed by atoms with Crippen LogP contribution in [0.4, 0.5) is 5.69 Å². The average Bonchev–Trinajstić information content (AvgIpc) is 3.06. The second kappa shape index (κ2) is 8.50. The van der Waals surface area contributed by atoms with E-state index in [1.807, 2.05) is 13.8 Å². The molecule has 2 aromatic heterocycles. The highest BCUT2D eigenvalue weighted by Crippen LogP contribution is 2.35. The number of fused-ring (bicyclic) bond motifs is 3. The maximum Gasteiger partial charge on any atom is 0.263 e. The summed E-state index contributed by atoms with van der Waals surface area (Å²) in [6.07, 6.45) is 4.29. The number of hydrogen-bond donors (Lipinski definition) is 1. The van der Waals surface area contributed by atoms with Crippen LogP contribution in [0.3, 0.4) is 0 Å². The lowest BCUT2D eigenvalue weighted by Crippen LogP contribution is -2.26. The van der Waals surface area contributed by atoms with E-state index in [1.165, 1.54) is 28.6 Å². The molecule has 5 nitrogen and oxygen atoms in total. The Balaban J connectivity index is 1.63. The van der Waals surface area contributed by atoms with Crippen molar-refractivity contribution < 1.29 is 4.79 Å². The molecule has 0 spiro atoms. The van der Waals surface area contributed by atoms with Gasteiger partial charge in [0.2, 0.25) is 5.91 Å². The summed E-state index contributed by atoms with van der Waals surface area (Å²) in [5.41, 5.74) is 1.86. The third-order valence-electron chi connectivity index (χ3n) is 5.10. The zero-order valence-corrected chi connectivity index (χ0v) is 18.7. The molecule has 1 N–H and O–H groups in total. The van der Waals surface area contributed by atoms with E-state index in [1.54, 1.807) is 40.2 Å². The van der Waals surface area contributed by atoms with Crippen LogP contribution >= 0.6 is 34.7 Å². The number of halogens is 1. The third kappa shape index (κ3) is 4.09. The second-order valence-electron chi connectivity index (χ2n) is 7.09. The maximum absolute atomic E-state index is 13.2. The van der Waals surface area contributed by atoms with E-state index in [0.717, 1.165) is 29.5 Å². The van der Waals surface area contributed by atoms with Crippen LogP contribution in [-0.4, -0.2) is 20.7 Å². The SMILES string of the molecule is CCn1c(SC(C)C(=O)Nc2cccc(Cl)c2)nc2sc3c(c2c1=O)CCCC3. The normalized spacial score (nSPS) is 14.6. The van der Waals surface area contributed by atoms with Crippen molar-refractivity contribution in [3.8, 4) is 0 Å². The number of thioether (sulfide) groups is 1. The number of amides is 1. The maximum atomic E-state index is 13.2. The first-order chi connectivity index (χ1) is 14.0. The molecule has 0 saturated heterocycles. The van der Waals surface area contributed by atoms with Crippen molar-refractivity contribution in [3.05, 3.63) is 50.1 Å². The van der Waals surface area contributed by atoms with Crippen LogP contribution in [0, 0.1) is 0 Å². The van der Waals surface area contributed by atoms with Gasteiger partial charge in [0.15, 0.2) is 5.16 Å². The Kier molecular flexibility index (Phi) is 5.99. The largest absolute Gasteiger partial charge is 0.325 e. The van der Waals surface area contributed by atoms with E-state index in [9.17, 15) is 9.59 Å². The van der Waals surface area contributed by atoms with E-state index in [-0.39, 0.29) is 11.5 Å². The molecule has 29 heavy (non-hydrogen) atoms. The molecule has 3 aromatic rings. The minimum Gasteiger partial charge on any atom is -0.325 e. The van der Waals surface area contributed by atoms with Crippen molar-refractivity contribution in [1.29, 1.82) is 0 Å². The van der Waals surface area contributed by atoms with Crippen molar-refractivity contribution in [2.24, 2.45) is 0 Å². The molecule has 0 aliphatic heterocycles. The van der Waals surface area contributed by atoms with Crippen molar-refractivity contribution in [1.82, 2.24) is 9.55 Å². The fourth-order valence-corrected chi connectivity index (χ4v) is 6.08. The van der Waals surface area contributed by atoms with Crippen LogP contribution in [0.5, 0.6) is 0 Å². The predicted molar refractivity (Wildman–Crippen MR) is 122 cm³/mol. The number of benzene rings is 1. The van der Waals surface area contributed by atoms with Gasteiger partial charge in [0.05, 0.1) is 10.6 Å². The van der Waals surface area contributed by atoms with Crippen LogP contribution in [0.25, 0.3) is 10.2 Å². The molecule has 152 valence electrons. The molecular formula is C21H22ClN3O2S2. The van der Waals surface area contributed by atoms with Gasteiger partial charge in [-0.1, -0.05) is 29.4 Å². The molecule has 1 aromatic carbocycles. The number of carbonyl (C=O) groups excluding carboxylic acids is 1. The molecule has 8 heteroatoms. The van der Waals surface area contributed by atoms with Gasteiger partial charge in [-0.25, -0.2) is 4.98 Å². The molecule has 1 aliphatic rings. The molecule has 4 rings (SSSR count). The summed E-state index contributed by atoms with van der Waals surface area (Å²) < 4.78 is 1.69. The number of hydrogen-bond acceptors (Lipinski definition) is 5. The Hall–Kier alpha value is -1.83. The molecule has 1 aliphatic carbocycles. The van der Waals surface area contributed by atoms with Crippen LogP contribution in [0.1, 0.15) is 37.1 Å². The molecule has 0 radical (unpaired) electrons. The summed E-state index contributed by atoms with van der Waals surface area (Å²) in [6, 6.07) is 7.05. The number of aromatic nitrogens is 2. The molecule has 1 amide bonds. The summed E-state index contributed by atoms with van der Waals surface area (Å²) in [7, 11) is 0. The predicted octanol–water partition coefficient (Wildman–Crippen LogP) is 5.13. The van der Waals surface area contributed by atoms with E-state index in [0.29, 0.717) is 22.4 Å². The Bertz CT molecular complexity index is 1140. The number of nitrogens with one attached hydrogen (secondary N) is 1. The molecule has 1 unspecified atom stereocenters. The van der Waals surface area contributed by atoms with Gasteiger partial charge in [0.25, 0.3) is 5.56 Å². The third-order valence-corrected chi connectivity index (χ3v) is 7.61. The number of rotatable bonds is 5. The number of nitrogens with zero attached hydrogens (tertiary/aromatic N) is 2. The van der Waals surface area contributed by atoms with Crippen molar-refractivity contribution in [2.45, 2.75) is 56.5 Å². The zero-order chi connectivity index (χ0) is 20.5. The van der Waals surface area contributed by atoms with Crippen molar-refractivity contribution >= 4 is 56.5 Å². The van der Waals surface area contributed by atoms with Gasteiger partial charge in [-0.05, 0) is 63.3 Å². The smallest absolute Gasteiger partial charge is 0.263 e. The topological polar surface area (TPSA) is 64.0 Å². The highest BCUT2D eigenvalue weighted by molar-refractivity contribution is 8.00. The number of anilines is 1. The number of aryl methyl sites for hydroxylation is 2. The lowest BCUT2D eigenvalue weighted by Gasteiger charge is -2.15. The Morgan fingerprint density at radius 2 is 2.17 bits per heavy atom. The van der Waals surface area contributed by atoms with Crippen LogP contribution in [0.2, 0.25) is 5.02 Å². The van der Waals surface area contributed by atoms with Gasteiger partial charge in [-0.15, -0.1) is 11.3 Å². The van der Waals surface area contributed by atoms with Crippen LogP contribution in [-0.2, 0) is 24.2 Å². The Morgan fingerprint density at radius 1 is 1.38 bits per heavy atom. The van der Waals surface area contributed by atoms with Crippen LogP contribution in [0.15, 0.2) is 34.2 Å². The monoisotopic (exact) mass is 447 g/mol. The van der Waals surface area contributed by atoms with E-state index >= 15 is 0 Å². The second-order valence-corrected chi connectivity index (χ2v) is 9.92. The summed E-state index contributed by atoms with van der Waals surface area (Å²) in [5.74, 6) is -0.153. The molecular weight excluding hydrogens is 426 g/mol. The molecule has 0 bridgehead atoms. The minimum atomic E-state index is -0.411. The Labute approximate surface area is 182 Å². The fourth-order valence-electron chi connectivity index (χ4n) is 3.61. The standard InChI is InChI=1S/C21H22ClN3O2S2/c1-3-25-20(27)17-15-9-4-5-10-16(15)29-19(17)24-21(25)28-12(2)18(26)23-14-8-6-7-13(22)11-14/h6-8,11-12H,3-5,9-10H2,1-2H3,(H,23,26). The number of carbonyl (C=O) groups is 1. The van der Waals surface area contributed by atoms with Gasteiger partial charge in [0, 0.05) is 22.1 Å². The van der Waals surface area contributed by atoms with Gasteiger partial charge in [-0.2, -0.15) is 0 Å². The van der Waals surface area contributed by atoms with Gasteiger partial charge in [0.1, 0.15) is 4.83 Å². The van der Waals surface area contributed by atoms with Crippen LogP contribution < -0.4 is 10.9 Å². The lowest BCUT2D eigenvalue weighted by molar-refractivity contribution is -0.115. The molecule has 1 atom stereocenters. The molecule has 2 heterocycles. The number of thiophene rings is 1. The Morgan fingerprint density at radius 3 is 2.93 bits per heavy atom. The van der Waals surface area contributed by atoms with E-state index in [4.69, 9.17) is 16.6 Å². The minimum absolute atomic E-state index is 0.0156. The highest BCUT2D eigenvalue weighted by atomic mass is 35.5. The highest BCUT2D eigenvalue weighted by Gasteiger charge is 2.24. The first-order valence-electron chi connectivity index (χ1n) is 9.76. The summed E-state index contributed by atoms with van der Waals surface area (Å²) in [5, 5.41) is 4.41. The van der Waals surface area contributed by atoms with Crippen molar-refractivity contribution in [3.63, 3.8) is 0 Å². The summed E-state index contributed by atoms with van der Waals surface area (Å²) >= 11 is 8.94. The van der Waals surface area contributed by atoms with Gasteiger partial charge in [-0.3, -0.25) is 14.2 Å². The van der Waals surface area contributed by atoms with Gasteiger partial charge >= 0.3 is 0 Å². The summed E-state index contributed by atoms with van der Waals surface area (Å²) in [4.78, 5) is 32.7. The average molecular weight is 448 g/mol. The first-order valence-corrected chi connectivity index (χ1v) is 11.8. The van der Waals surface area contributed by atoms with E-state index < -0.39 is 5.25 Å². The van der Waals surface area contributed by atoms with E-state index in [2.05, 4.69) is 5.32 Å². The molecule has 0 fully saturated rings. The zero-order valence-electron chi connectivity index (χ0n) is 16.3. The summed E-state index contributed by atoms with van der Waals surface area (Å²) in [6.45, 7) is 4.28. The first kappa shape index (κ1) is 20.4. The lowest BCUT2D eigenvalue weighted by atomic mass is 9.97.